The number of nitrogens with zero attached hydrogens (tertiary/aromatic N) is 8. The summed E-state index contributed by atoms with van der Waals surface area (Å²) in [4.78, 5) is 18.3. The maximum absolute atomic E-state index is 4.58. The third-order valence-electron chi connectivity index (χ3n) is 5.77. The highest BCUT2D eigenvalue weighted by atomic mass is 15.3. The minimum atomic E-state index is 0.860. The molecule has 4 aromatic rings. The number of hydrogen-bond donors (Lipinski definition) is 0. The Hall–Kier alpha value is -3.00. The predicted molar refractivity (Wildman–Crippen MR) is 109 cm³/mol. The lowest BCUT2D eigenvalue weighted by Crippen LogP contribution is -2.47. The molecule has 3 aromatic heterocycles. The Morgan fingerprint density at radius 3 is 2.57 bits per heavy atom. The first-order chi connectivity index (χ1) is 13.6. The van der Waals surface area contributed by atoms with Crippen LogP contribution in [0.15, 0.2) is 31.0 Å². The number of rotatable bonds is 3. The third-order valence-corrected chi connectivity index (χ3v) is 5.77. The molecule has 0 atom stereocenters. The van der Waals surface area contributed by atoms with Gasteiger partial charge in [-0.05, 0) is 37.1 Å². The molecular formula is C20H24N8. The standard InChI is InChI=1S/C20H24N8/c1-14-8-17-18(9-15(14)2)28(12-23-17)13-26-4-6-27(7-5-26)20-16-10-24-25(3)19(16)21-11-22-20/h8-12H,4-7,13H2,1-3H3. The topological polar surface area (TPSA) is 67.9 Å². The molecular weight excluding hydrogens is 352 g/mol. The second-order valence-electron chi connectivity index (χ2n) is 7.59. The lowest BCUT2D eigenvalue weighted by Gasteiger charge is -2.35. The molecule has 8 nitrogen and oxygen atoms in total. The van der Waals surface area contributed by atoms with Crippen LogP contribution < -0.4 is 4.90 Å². The van der Waals surface area contributed by atoms with Crippen molar-refractivity contribution < 1.29 is 0 Å². The number of imidazole rings is 1. The van der Waals surface area contributed by atoms with Gasteiger partial charge in [0.15, 0.2) is 5.65 Å². The monoisotopic (exact) mass is 376 g/mol. The molecule has 8 heteroatoms. The molecule has 0 unspecified atom stereocenters. The number of aromatic nitrogens is 6. The first-order valence-corrected chi connectivity index (χ1v) is 9.62. The smallest absolute Gasteiger partial charge is 0.163 e. The molecule has 1 aliphatic heterocycles. The SMILES string of the molecule is Cc1cc2ncn(CN3CCN(c4ncnc5c4cnn5C)CC3)c2cc1C. The van der Waals surface area contributed by atoms with Gasteiger partial charge in [-0.3, -0.25) is 9.58 Å². The minimum Gasteiger partial charge on any atom is -0.353 e. The van der Waals surface area contributed by atoms with Crippen LogP contribution in [-0.2, 0) is 13.7 Å². The Morgan fingerprint density at radius 1 is 0.964 bits per heavy atom. The van der Waals surface area contributed by atoms with Crippen molar-refractivity contribution in [3.8, 4) is 0 Å². The average molecular weight is 376 g/mol. The van der Waals surface area contributed by atoms with E-state index in [0.29, 0.717) is 0 Å². The average Bonchev–Trinajstić information content (AvgIpc) is 3.27. The van der Waals surface area contributed by atoms with Gasteiger partial charge in [0.1, 0.15) is 12.1 Å². The van der Waals surface area contributed by atoms with E-state index in [1.807, 2.05) is 19.6 Å². The van der Waals surface area contributed by atoms with Crippen molar-refractivity contribution in [2.75, 3.05) is 31.1 Å². The minimum absolute atomic E-state index is 0.860. The molecule has 4 heterocycles. The Labute approximate surface area is 163 Å². The number of benzene rings is 1. The van der Waals surface area contributed by atoms with E-state index in [9.17, 15) is 0 Å². The maximum atomic E-state index is 4.58. The molecule has 5 rings (SSSR count). The quantitative estimate of drug-likeness (QED) is 0.546. The largest absolute Gasteiger partial charge is 0.353 e. The van der Waals surface area contributed by atoms with Crippen LogP contribution in [0, 0.1) is 13.8 Å². The van der Waals surface area contributed by atoms with Crippen molar-refractivity contribution in [3.63, 3.8) is 0 Å². The summed E-state index contributed by atoms with van der Waals surface area (Å²) in [5.41, 5.74) is 5.75. The van der Waals surface area contributed by atoms with Gasteiger partial charge in [-0.1, -0.05) is 0 Å². The number of aryl methyl sites for hydroxylation is 3. The normalized spacial score (nSPS) is 15.8. The van der Waals surface area contributed by atoms with Gasteiger partial charge in [0.25, 0.3) is 0 Å². The van der Waals surface area contributed by atoms with Crippen LogP contribution in [-0.4, -0.2) is 60.4 Å². The van der Waals surface area contributed by atoms with E-state index in [1.165, 1.54) is 16.6 Å². The van der Waals surface area contributed by atoms with Gasteiger partial charge in [0.05, 0.1) is 35.6 Å². The van der Waals surface area contributed by atoms with Crippen LogP contribution >= 0.6 is 0 Å². The molecule has 0 amide bonds. The fraction of sp³-hybridized carbons (Fsp3) is 0.400. The summed E-state index contributed by atoms with van der Waals surface area (Å²) in [5, 5.41) is 5.34. The van der Waals surface area contributed by atoms with Crippen molar-refractivity contribution in [3.05, 3.63) is 42.1 Å². The summed E-state index contributed by atoms with van der Waals surface area (Å²) in [7, 11) is 1.91. The molecule has 1 saturated heterocycles. The zero-order valence-corrected chi connectivity index (χ0v) is 16.5. The number of anilines is 1. The highest BCUT2D eigenvalue weighted by Crippen LogP contribution is 2.24. The molecule has 0 aliphatic carbocycles. The lowest BCUT2D eigenvalue weighted by molar-refractivity contribution is 0.208. The van der Waals surface area contributed by atoms with Crippen molar-refractivity contribution in [1.82, 2.24) is 34.2 Å². The Balaban J connectivity index is 1.32. The van der Waals surface area contributed by atoms with Gasteiger partial charge in [-0.25, -0.2) is 15.0 Å². The van der Waals surface area contributed by atoms with E-state index < -0.39 is 0 Å². The van der Waals surface area contributed by atoms with Gasteiger partial charge >= 0.3 is 0 Å². The van der Waals surface area contributed by atoms with Crippen molar-refractivity contribution >= 4 is 27.9 Å². The van der Waals surface area contributed by atoms with Gasteiger partial charge in [-0.15, -0.1) is 0 Å². The molecule has 144 valence electrons. The van der Waals surface area contributed by atoms with Crippen LogP contribution in [0.25, 0.3) is 22.1 Å². The number of piperazine rings is 1. The van der Waals surface area contributed by atoms with Crippen LogP contribution in [0.4, 0.5) is 5.82 Å². The van der Waals surface area contributed by atoms with Crippen LogP contribution in [0.1, 0.15) is 11.1 Å². The molecule has 0 radical (unpaired) electrons. The van der Waals surface area contributed by atoms with E-state index in [4.69, 9.17) is 0 Å². The van der Waals surface area contributed by atoms with E-state index in [2.05, 4.69) is 60.4 Å². The number of hydrogen-bond acceptors (Lipinski definition) is 6. The molecule has 1 aromatic carbocycles. The lowest BCUT2D eigenvalue weighted by atomic mass is 10.1. The molecule has 28 heavy (non-hydrogen) atoms. The van der Waals surface area contributed by atoms with Gasteiger partial charge in [0, 0.05) is 33.2 Å². The van der Waals surface area contributed by atoms with Crippen molar-refractivity contribution in [1.29, 1.82) is 0 Å². The predicted octanol–water partition coefficient (Wildman–Crippen LogP) is 2.11. The first-order valence-electron chi connectivity index (χ1n) is 9.62. The van der Waals surface area contributed by atoms with Gasteiger partial charge in [0.2, 0.25) is 0 Å². The summed E-state index contributed by atoms with van der Waals surface area (Å²) >= 11 is 0. The van der Waals surface area contributed by atoms with Crippen LogP contribution in [0.3, 0.4) is 0 Å². The van der Waals surface area contributed by atoms with Crippen molar-refractivity contribution in [2.24, 2.45) is 7.05 Å². The number of fused-ring (bicyclic) bond motifs is 2. The zero-order chi connectivity index (χ0) is 19.3. The first kappa shape index (κ1) is 17.1. The summed E-state index contributed by atoms with van der Waals surface area (Å²) in [6.07, 6.45) is 5.45. The van der Waals surface area contributed by atoms with Gasteiger partial charge < -0.3 is 9.47 Å². The van der Waals surface area contributed by atoms with E-state index in [1.54, 1.807) is 11.0 Å². The molecule has 0 saturated carbocycles. The van der Waals surface area contributed by atoms with Crippen LogP contribution in [0.5, 0.6) is 0 Å². The van der Waals surface area contributed by atoms with Crippen molar-refractivity contribution in [2.45, 2.75) is 20.5 Å². The Kier molecular flexibility index (Phi) is 4.01. The fourth-order valence-electron chi connectivity index (χ4n) is 3.94. The summed E-state index contributed by atoms with van der Waals surface area (Å²) in [6, 6.07) is 4.42. The molecule has 1 fully saturated rings. The highest BCUT2D eigenvalue weighted by molar-refractivity contribution is 5.86. The molecule has 1 aliphatic rings. The zero-order valence-electron chi connectivity index (χ0n) is 16.5. The Morgan fingerprint density at radius 2 is 1.75 bits per heavy atom. The van der Waals surface area contributed by atoms with Crippen LogP contribution in [0.2, 0.25) is 0 Å². The molecule has 0 spiro atoms. The second-order valence-corrected chi connectivity index (χ2v) is 7.59. The second kappa shape index (κ2) is 6.56. The summed E-state index contributed by atoms with van der Waals surface area (Å²) < 4.78 is 4.05. The Bertz CT molecular complexity index is 1150. The summed E-state index contributed by atoms with van der Waals surface area (Å²) in [6.45, 7) is 8.99. The van der Waals surface area contributed by atoms with E-state index in [-0.39, 0.29) is 0 Å². The van der Waals surface area contributed by atoms with E-state index in [0.717, 1.165) is 55.2 Å². The third kappa shape index (κ3) is 2.80. The maximum Gasteiger partial charge on any atom is 0.163 e. The fourth-order valence-corrected chi connectivity index (χ4v) is 3.94. The summed E-state index contributed by atoms with van der Waals surface area (Å²) in [5.74, 6) is 0.983. The molecule has 0 bridgehead atoms. The highest BCUT2D eigenvalue weighted by Gasteiger charge is 2.21. The van der Waals surface area contributed by atoms with Gasteiger partial charge in [-0.2, -0.15) is 5.10 Å². The molecule has 0 N–H and O–H groups in total. The van der Waals surface area contributed by atoms with E-state index >= 15 is 0 Å².